The largest absolute Gasteiger partial charge is 0.352 e. The first-order valence-corrected chi connectivity index (χ1v) is 8.77. The fourth-order valence-electron chi connectivity index (χ4n) is 2.93. The van der Waals surface area contributed by atoms with Gasteiger partial charge in [-0.25, -0.2) is 0 Å². The molecule has 0 radical (unpaired) electrons. The first kappa shape index (κ1) is 19.0. The highest BCUT2D eigenvalue weighted by molar-refractivity contribution is 6.34. The Morgan fingerprint density at radius 1 is 1.21 bits per heavy atom. The number of amides is 2. The number of hydrogen-bond donors (Lipinski definition) is 1. The van der Waals surface area contributed by atoms with Crippen molar-refractivity contribution in [2.24, 2.45) is 0 Å². The fourth-order valence-corrected chi connectivity index (χ4v) is 3.50. The zero-order valence-corrected chi connectivity index (χ0v) is 15.5. The van der Waals surface area contributed by atoms with Gasteiger partial charge in [-0.15, -0.1) is 0 Å². The van der Waals surface area contributed by atoms with Crippen LogP contribution in [0, 0.1) is 0 Å². The molecule has 24 heavy (non-hydrogen) atoms. The third-order valence-electron chi connectivity index (χ3n) is 4.09. The number of likely N-dealkylation sites (tertiary alicyclic amines) is 1. The van der Waals surface area contributed by atoms with Gasteiger partial charge in [0, 0.05) is 42.6 Å². The number of hydrogen-bond acceptors (Lipinski definition) is 3. The van der Waals surface area contributed by atoms with E-state index in [4.69, 9.17) is 23.2 Å². The number of carbonyl (C=O) groups is 2. The van der Waals surface area contributed by atoms with E-state index >= 15 is 0 Å². The number of piperidine rings is 1. The van der Waals surface area contributed by atoms with E-state index in [1.807, 2.05) is 29.0 Å². The predicted octanol–water partition coefficient (Wildman–Crippen LogP) is 2.55. The summed E-state index contributed by atoms with van der Waals surface area (Å²) in [5, 5.41) is 4.23. The van der Waals surface area contributed by atoms with Gasteiger partial charge >= 0.3 is 0 Å². The maximum Gasteiger partial charge on any atom is 0.234 e. The van der Waals surface area contributed by atoms with Gasteiger partial charge in [0.05, 0.1) is 6.54 Å². The lowest BCUT2D eigenvalue weighted by atomic mass is 10.1. The highest BCUT2D eigenvalue weighted by Crippen LogP contribution is 2.19. The van der Waals surface area contributed by atoms with Crippen LogP contribution in [0.15, 0.2) is 18.2 Å². The number of benzene rings is 1. The van der Waals surface area contributed by atoms with Gasteiger partial charge in [-0.05, 0) is 43.7 Å². The monoisotopic (exact) mass is 371 g/mol. The maximum absolute atomic E-state index is 12.2. The maximum atomic E-state index is 12.2. The van der Waals surface area contributed by atoms with E-state index in [1.54, 1.807) is 13.0 Å². The zero-order chi connectivity index (χ0) is 17.7. The number of rotatable bonds is 5. The molecule has 0 atom stereocenters. The van der Waals surface area contributed by atoms with E-state index in [0.717, 1.165) is 18.4 Å². The molecule has 0 aromatic heterocycles. The van der Waals surface area contributed by atoms with Gasteiger partial charge in [0.15, 0.2) is 0 Å². The number of nitrogens with one attached hydrogen (secondary N) is 1. The fraction of sp³-hybridized carbons (Fsp3) is 0.529. The summed E-state index contributed by atoms with van der Waals surface area (Å²) in [6, 6.07) is 5.52. The Kier molecular flexibility index (Phi) is 6.90. The van der Waals surface area contributed by atoms with Gasteiger partial charge in [0.25, 0.3) is 0 Å². The SMILES string of the molecule is CC(=O)N1CCC(NC(=O)CN(C)Cc2cc(Cl)cc(Cl)c2)CC1. The molecule has 0 saturated carbocycles. The highest BCUT2D eigenvalue weighted by Gasteiger charge is 2.22. The third-order valence-corrected chi connectivity index (χ3v) is 4.53. The molecule has 0 spiro atoms. The predicted molar refractivity (Wildman–Crippen MR) is 96.2 cm³/mol. The van der Waals surface area contributed by atoms with Crippen LogP contribution in [0.3, 0.4) is 0 Å². The summed E-state index contributed by atoms with van der Waals surface area (Å²) in [5.74, 6) is 0.0894. The molecule has 1 heterocycles. The van der Waals surface area contributed by atoms with Crippen LogP contribution in [0.1, 0.15) is 25.3 Å². The molecule has 1 aromatic carbocycles. The molecule has 0 aliphatic carbocycles. The highest BCUT2D eigenvalue weighted by atomic mass is 35.5. The molecule has 1 fully saturated rings. The van der Waals surface area contributed by atoms with Gasteiger partial charge in [0.2, 0.25) is 11.8 Å². The molecule has 0 bridgehead atoms. The molecular formula is C17H23Cl2N3O2. The molecule has 1 saturated heterocycles. The first-order chi connectivity index (χ1) is 11.3. The molecule has 1 aliphatic rings. The van der Waals surface area contributed by atoms with Crippen molar-refractivity contribution in [3.8, 4) is 0 Å². The molecule has 2 amide bonds. The molecule has 132 valence electrons. The molecule has 0 unspecified atom stereocenters. The molecule has 5 nitrogen and oxygen atoms in total. The van der Waals surface area contributed by atoms with Crippen molar-refractivity contribution in [3.63, 3.8) is 0 Å². The normalized spacial score (nSPS) is 15.6. The summed E-state index contributed by atoms with van der Waals surface area (Å²) < 4.78 is 0. The second-order valence-electron chi connectivity index (χ2n) is 6.30. The van der Waals surface area contributed by atoms with E-state index < -0.39 is 0 Å². The average molecular weight is 372 g/mol. The first-order valence-electron chi connectivity index (χ1n) is 8.02. The average Bonchev–Trinajstić information content (AvgIpc) is 2.46. The summed E-state index contributed by atoms with van der Waals surface area (Å²) in [7, 11) is 1.88. The Bertz CT molecular complexity index is 581. The molecule has 1 N–H and O–H groups in total. The van der Waals surface area contributed by atoms with Gasteiger partial charge in [0.1, 0.15) is 0 Å². The van der Waals surface area contributed by atoms with Crippen LogP contribution in [0.25, 0.3) is 0 Å². The number of likely N-dealkylation sites (N-methyl/N-ethyl adjacent to an activating group) is 1. The van der Waals surface area contributed by atoms with E-state index in [0.29, 0.717) is 36.2 Å². The smallest absolute Gasteiger partial charge is 0.234 e. The number of carbonyl (C=O) groups excluding carboxylic acids is 2. The van der Waals surface area contributed by atoms with E-state index in [-0.39, 0.29) is 17.9 Å². The molecule has 2 rings (SSSR count). The Hall–Kier alpha value is -1.30. The standard InChI is InChI=1S/C17H23Cl2N3O2/c1-12(23)22-5-3-16(4-6-22)20-17(24)11-21(2)10-13-7-14(18)9-15(19)8-13/h7-9,16H,3-6,10-11H2,1-2H3,(H,20,24). The lowest BCUT2D eigenvalue weighted by Crippen LogP contribution is -2.47. The van der Waals surface area contributed by atoms with Crippen molar-refractivity contribution in [2.75, 3.05) is 26.7 Å². The topological polar surface area (TPSA) is 52.7 Å². The van der Waals surface area contributed by atoms with Crippen LogP contribution in [0.2, 0.25) is 10.0 Å². The van der Waals surface area contributed by atoms with Gasteiger partial charge in [-0.3, -0.25) is 14.5 Å². The lowest BCUT2D eigenvalue weighted by molar-refractivity contribution is -0.130. The van der Waals surface area contributed by atoms with Crippen LogP contribution in [0.4, 0.5) is 0 Å². The second-order valence-corrected chi connectivity index (χ2v) is 7.17. The minimum Gasteiger partial charge on any atom is -0.352 e. The second kappa shape index (κ2) is 8.70. The lowest BCUT2D eigenvalue weighted by Gasteiger charge is -2.32. The number of nitrogens with zero attached hydrogens (tertiary/aromatic N) is 2. The van der Waals surface area contributed by atoms with Crippen molar-refractivity contribution >= 4 is 35.0 Å². The van der Waals surface area contributed by atoms with Crippen LogP contribution < -0.4 is 5.32 Å². The quantitative estimate of drug-likeness (QED) is 0.864. The Morgan fingerprint density at radius 3 is 2.33 bits per heavy atom. The van der Waals surface area contributed by atoms with Crippen LogP contribution in [-0.4, -0.2) is 54.3 Å². The Labute approximate surface area is 152 Å². The summed E-state index contributed by atoms with van der Waals surface area (Å²) in [6.07, 6.45) is 1.61. The molecule has 1 aliphatic heterocycles. The van der Waals surface area contributed by atoms with Crippen molar-refractivity contribution in [1.29, 1.82) is 0 Å². The van der Waals surface area contributed by atoms with E-state index in [1.165, 1.54) is 0 Å². The minimum atomic E-state index is -0.00750. The Balaban J connectivity index is 1.76. The van der Waals surface area contributed by atoms with Crippen molar-refractivity contribution in [3.05, 3.63) is 33.8 Å². The summed E-state index contributed by atoms with van der Waals surface area (Å²) in [6.45, 7) is 3.89. The summed E-state index contributed by atoms with van der Waals surface area (Å²) in [4.78, 5) is 27.2. The van der Waals surface area contributed by atoms with Crippen LogP contribution >= 0.6 is 23.2 Å². The minimum absolute atomic E-state index is 0.00750. The van der Waals surface area contributed by atoms with Crippen molar-refractivity contribution < 1.29 is 9.59 Å². The van der Waals surface area contributed by atoms with E-state index in [9.17, 15) is 9.59 Å². The third kappa shape index (κ3) is 5.96. The van der Waals surface area contributed by atoms with Gasteiger partial charge in [-0.2, -0.15) is 0 Å². The summed E-state index contributed by atoms with van der Waals surface area (Å²) >= 11 is 12.0. The van der Waals surface area contributed by atoms with Gasteiger partial charge < -0.3 is 10.2 Å². The van der Waals surface area contributed by atoms with Crippen molar-refractivity contribution in [1.82, 2.24) is 15.1 Å². The molecular weight excluding hydrogens is 349 g/mol. The molecule has 1 aromatic rings. The van der Waals surface area contributed by atoms with Crippen LogP contribution in [-0.2, 0) is 16.1 Å². The van der Waals surface area contributed by atoms with Gasteiger partial charge in [-0.1, -0.05) is 23.2 Å². The molecule has 7 heteroatoms. The van der Waals surface area contributed by atoms with E-state index in [2.05, 4.69) is 5.32 Å². The Morgan fingerprint density at radius 2 is 1.79 bits per heavy atom. The number of halogens is 2. The van der Waals surface area contributed by atoms with Crippen LogP contribution in [0.5, 0.6) is 0 Å². The summed E-state index contributed by atoms with van der Waals surface area (Å²) in [5.41, 5.74) is 0.970. The van der Waals surface area contributed by atoms with Crippen molar-refractivity contribution in [2.45, 2.75) is 32.4 Å². The zero-order valence-electron chi connectivity index (χ0n) is 14.0.